The first-order valence-electron chi connectivity index (χ1n) is 11.9. The molecule has 0 unspecified atom stereocenters. The predicted molar refractivity (Wildman–Crippen MR) is 131 cm³/mol. The first-order chi connectivity index (χ1) is 15.9. The van der Waals surface area contributed by atoms with Crippen molar-refractivity contribution in [2.45, 2.75) is 51.5 Å². The van der Waals surface area contributed by atoms with Crippen LogP contribution in [0.25, 0.3) is 0 Å². The van der Waals surface area contributed by atoms with Crippen LogP contribution in [-0.2, 0) is 4.79 Å². The number of carbonyl (C=O) groups excluding carboxylic acids is 1. The number of rotatable bonds is 9. The van der Waals surface area contributed by atoms with Gasteiger partial charge in [-0.1, -0.05) is 18.0 Å². The van der Waals surface area contributed by atoms with Crippen molar-refractivity contribution < 1.29 is 4.79 Å². The highest BCUT2D eigenvalue weighted by Crippen LogP contribution is 2.28. The van der Waals surface area contributed by atoms with Crippen molar-refractivity contribution in [1.29, 1.82) is 0 Å². The first kappa shape index (κ1) is 23.8. The molecule has 0 aromatic carbocycles. The van der Waals surface area contributed by atoms with E-state index in [1.54, 1.807) is 6.20 Å². The van der Waals surface area contributed by atoms with Gasteiger partial charge in [0.15, 0.2) is 0 Å². The smallest absolute Gasteiger partial charge is 0.229 e. The lowest BCUT2D eigenvalue weighted by atomic mass is 9.84. The fraction of sp³-hybridized carbons (Fsp3) is 0.652. The normalized spacial score (nSPS) is 17.6. The molecule has 2 fully saturated rings. The summed E-state index contributed by atoms with van der Waals surface area (Å²) in [7, 11) is 4.04. The molecule has 10 heteroatoms. The van der Waals surface area contributed by atoms with E-state index in [1.807, 2.05) is 25.1 Å². The summed E-state index contributed by atoms with van der Waals surface area (Å²) in [5.41, 5.74) is 1.82. The summed E-state index contributed by atoms with van der Waals surface area (Å²) >= 11 is 6.31. The summed E-state index contributed by atoms with van der Waals surface area (Å²) in [5, 5.41) is 11.8. The lowest BCUT2D eigenvalue weighted by Crippen LogP contribution is -2.37. The third-order valence-electron chi connectivity index (χ3n) is 6.76. The third-order valence-corrected chi connectivity index (χ3v) is 7.04. The molecule has 1 saturated carbocycles. The number of carbonyl (C=O) groups is 1. The van der Waals surface area contributed by atoms with Gasteiger partial charge < -0.3 is 20.4 Å². The molecule has 1 amide bonds. The maximum atomic E-state index is 12.3. The molecule has 2 aliphatic rings. The highest BCUT2D eigenvalue weighted by molar-refractivity contribution is 6.32. The lowest BCUT2D eigenvalue weighted by molar-refractivity contribution is -0.136. The van der Waals surface area contributed by atoms with Crippen LogP contribution in [0.1, 0.15) is 50.3 Å². The van der Waals surface area contributed by atoms with Crippen LogP contribution in [0.4, 0.5) is 17.5 Å². The number of hydrogen-bond acceptors (Lipinski definition) is 7. The van der Waals surface area contributed by atoms with E-state index in [9.17, 15) is 4.79 Å². The number of halogens is 1. The molecule has 1 aliphatic heterocycles. The van der Waals surface area contributed by atoms with Gasteiger partial charge in [0, 0.05) is 32.3 Å². The number of hydrogen-bond donors (Lipinski definition) is 2. The third kappa shape index (κ3) is 5.95. The van der Waals surface area contributed by atoms with Gasteiger partial charge in [-0.25, -0.2) is 4.98 Å². The Bertz CT molecular complexity index is 952. The van der Waals surface area contributed by atoms with Gasteiger partial charge in [0.05, 0.1) is 23.6 Å². The van der Waals surface area contributed by atoms with Crippen LogP contribution < -0.4 is 10.6 Å². The highest BCUT2D eigenvalue weighted by atomic mass is 35.5. The van der Waals surface area contributed by atoms with Gasteiger partial charge in [0.1, 0.15) is 10.8 Å². The molecule has 2 aromatic heterocycles. The number of aryl methyl sites for hydroxylation is 1. The maximum absolute atomic E-state index is 12.3. The molecule has 3 heterocycles. The van der Waals surface area contributed by atoms with Gasteiger partial charge in [0.25, 0.3) is 0 Å². The largest absolute Gasteiger partial charge is 0.369 e. The summed E-state index contributed by atoms with van der Waals surface area (Å²) in [4.78, 5) is 25.3. The van der Waals surface area contributed by atoms with Crippen molar-refractivity contribution in [3.63, 3.8) is 0 Å². The Morgan fingerprint density at radius 2 is 2.03 bits per heavy atom. The lowest BCUT2D eigenvalue weighted by Gasteiger charge is -2.29. The van der Waals surface area contributed by atoms with Crippen molar-refractivity contribution >= 4 is 35.0 Å². The Morgan fingerprint density at radius 3 is 2.73 bits per heavy atom. The van der Waals surface area contributed by atoms with Crippen LogP contribution in [0.15, 0.2) is 12.4 Å². The molecule has 0 spiro atoms. The Morgan fingerprint density at radius 1 is 1.27 bits per heavy atom. The molecule has 0 bridgehead atoms. The van der Waals surface area contributed by atoms with Crippen LogP contribution >= 0.6 is 11.6 Å². The van der Waals surface area contributed by atoms with E-state index in [2.05, 4.69) is 37.2 Å². The quantitative estimate of drug-likeness (QED) is 0.535. The minimum atomic E-state index is 0.236. The molecule has 9 nitrogen and oxygen atoms in total. The second kappa shape index (κ2) is 10.7. The van der Waals surface area contributed by atoms with Gasteiger partial charge >= 0.3 is 0 Å². The Balaban J connectivity index is 1.30. The van der Waals surface area contributed by atoms with Crippen LogP contribution in [0.3, 0.4) is 0 Å². The summed E-state index contributed by atoms with van der Waals surface area (Å²) in [5.74, 6) is 1.57. The number of anilines is 3. The SMILES string of the molecule is Cc1nn(C2CCN(C)CC2)cc1Nc1ncc(Cl)c(NCCCN(C)C(=O)C2CCC2)n1. The van der Waals surface area contributed by atoms with Gasteiger partial charge in [-0.2, -0.15) is 10.1 Å². The van der Waals surface area contributed by atoms with E-state index in [-0.39, 0.29) is 11.8 Å². The standard InChI is InChI=1S/C23H35ClN8O/c1-16-20(15-32(29-16)18-8-12-30(2)13-9-18)27-23-26-14-19(24)21(28-23)25-10-5-11-31(3)22(33)17-6-4-7-17/h14-15,17-18H,4-13H2,1-3H3,(H2,25,26,27,28). The predicted octanol–water partition coefficient (Wildman–Crippen LogP) is 3.71. The molecule has 33 heavy (non-hydrogen) atoms. The topological polar surface area (TPSA) is 91.2 Å². The van der Waals surface area contributed by atoms with E-state index < -0.39 is 0 Å². The fourth-order valence-electron chi connectivity index (χ4n) is 4.32. The van der Waals surface area contributed by atoms with Gasteiger partial charge in [0.2, 0.25) is 11.9 Å². The molecular weight excluding hydrogens is 440 g/mol. The fourth-order valence-corrected chi connectivity index (χ4v) is 4.48. The van der Waals surface area contributed by atoms with Crippen molar-refractivity contribution in [3.05, 3.63) is 23.1 Å². The minimum absolute atomic E-state index is 0.236. The second-order valence-electron chi connectivity index (χ2n) is 9.33. The van der Waals surface area contributed by atoms with Gasteiger partial charge in [-0.3, -0.25) is 9.48 Å². The average molecular weight is 475 g/mol. The van der Waals surface area contributed by atoms with E-state index >= 15 is 0 Å². The summed E-state index contributed by atoms with van der Waals surface area (Å²) in [6, 6.07) is 0.424. The van der Waals surface area contributed by atoms with Crippen molar-refractivity contribution in [3.8, 4) is 0 Å². The summed E-state index contributed by atoms with van der Waals surface area (Å²) < 4.78 is 2.07. The number of likely N-dealkylation sites (tertiary alicyclic amines) is 1. The number of nitrogens with one attached hydrogen (secondary N) is 2. The van der Waals surface area contributed by atoms with Gasteiger partial charge in [-0.15, -0.1) is 0 Å². The highest BCUT2D eigenvalue weighted by Gasteiger charge is 2.27. The molecule has 180 valence electrons. The molecule has 2 N–H and O–H groups in total. The van der Waals surface area contributed by atoms with Crippen molar-refractivity contribution in [1.82, 2.24) is 29.5 Å². The second-order valence-corrected chi connectivity index (χ2v) is 9.73. The maximum Gasteiger partial charge on any atom is 0.229 e. The van der Waals surface area contributed by atoms with E-state index in [0.29, 0.717) is 35.9 Å². The van der Waals surface area contributed by atoms with Crippen molar-refractivity contribution in [2.24, 2.45) is 5.92 Å². The van der Waals surface area contributed by atoms with Crippen LogP contribution in [0.2, 0.25) is 5.02 Å². The minimum Gasteiger partial charge on any atom is -0.369 e. The van der Waals surface area contributed by atoms with Crippen LogP contribution in [0.5, 0.6) is 0 Å². The summed E-state index contributed by atoms with van der Waals surface area (Å²) in [6.45, 7) is 5.56. The monoisotopic (exact) mass is 474 g/mol. The first-order valence-corrected chi connectivity index (χ1v) is 12.3. The Labute approximate surface area is 200 Å². The molecule has 1 aliphatic carbocycles. The van der Waals surface area contributed by atoms with Gasteiger partial charge in [-0.05, 0) is 59.2 Å². The van der Waals surface area contributed by atoms with E-state index in [0.717, 1.165) is 56.6 Å². The Hall–Kier alpha value is -2.39. The Kier molecular flexibility index (Phi) is 7.70. The number of nitrogens with zero attached hydrogens (tertiary/aromatic N) is 6. The van der Waals surface area contributed by atoms with Crippen LogP contribution in [0, 0.1) is 12.8 Å². The average Bonchev–Trinajstić information content (AvgIpc) is 3.12. The van der Waals surface area contributed by atoms with E-state index in [4.69, 9.17) is 16.7 Å². The zero-order chi connectivity index (χ0) is 23.4. The van der Waals surface area contributed by atoms with Crippen LogP contribution in [-0.4, -0.2) is 75.7 Å². The van der Waals surface area contributed by atoms with Crippen molar-refractivity contribution in [2.75, 3.05) is 50.9 Å². The summed E-state index contributed by atoms with van der Waals surface area (Å²) in [6.07, 6.45) is 9.91. The zero-order valence-corrected chi connectivity index (χ0v) is 20.6. The molecule has 0 atom stereocenters. The number of amides is 1. The molecule has 1 saturated heterocycles. The van der Waals surface area contributed by atoms with E-state index in [1.165, 1.54) is 6.42 Å². The molecular formula is C23H35ClN8O. The zero-order valence-electron chi connectivity index (χ0n) is 19.8. The molecule has 4 rings (SSSR count). The number of aromatic nitrogens is 4. The number of piperidine rings is 1. The molecule has 2 aromatic rings. The molecule has 0 radical (unpaired) electrons.